The van der Waals surface area contributed by atoms with Gasteiger partial charge in [-0.25, -0.2) is 0 Å². The van der Waals surface area contributed by atoms with E-state index in [9.17, 15) is 39.6 Å². The van der Waals surface area contributed by atoms with Gasteiger partial charge in [-0.3, -0.25) is 58.5 Å². The molecule has 656 valence electrons. The zero-order valence-corrected chi connectivity index (χ0v) is 74.6. The van der Waals surface area contributed by atoms with Crippen LogP contribution in [0.5, 0.6) is 0 Å². The van der Waals surface area contributed by atoms with E-state index in [2.05, 4.69) is 160 Å². The lowest BCUT2D eigenvalue weighted by Gasteiger charge is -2.40. The first kappa shape index (κ1) is 88.7. The van der Waals surface area contributed by atoms with Crippen LogP contribution >= 0.6 is 24.2 Å². The maximum atomic E-state index is 12.9. The molecule has 5 amide bonds. The molecular formula is C102H112ClN15O8S. The number of amides is 5. The molecule has 23 nitrogen and oxygen atoms in total. The number of piperazine rings is 4. The van der Waals surface area contributed by atoms with Crippen LogP contribution < -0.4 is 19.5 Å². The molecule has 5 unspecified atom stereocenters. The van der Waals surface area contributed by atoms with Crippen LogP contribution in [0.3, 0.4) is 0 Å². The van der Waals surface area contributed by atoms with Crippen molar-refractivity contribution in [1.82, 2.24) is 59.5 Å². The zero-order chi connectivity index (χ0) is 88.2. The number of carbonyl (C=O) groups excluding carboxylic acids is 5. The lowest BCUT2D eigenvalue weighted by molar-refractivity contribution is -0.617. The maximum absolute atomic E-state index is 12.9. The Labute approximate surface area is 754 Å². The Hall–Kier alpha value is -11.8. The molecule has 10 heterocycles. The van der Waals surface area contributed by atoms with Gasteiger partial charge in [-0.05, 0) is 194 Å². The minimum Gasteiger partial charge on any atom is -0.619 e. The van der Waals surface area contributed by atoms with Crippen molar-refractivity contribution in [1.29, 1.82) is 0 Å². The summed E-state index contributed by atoms with van der Waals surface area (Å²) in [6.45, 7) is 19.5. The Balaban J connectivity index is 0.000000125. The van der Waals surface area contributed by atoms with E-state index in [1.165, 1.54) is 90.4 Å². The number of benzene rings is 5. The molecule has 11 aromatic rings. The highest BCUT2D eigenvalue weighted by molar-refractivity contribution is 7.81. The largest absolute Gasteiger partial charge is 0.619 e. The highest BCUT2D eigenvalue weighted by Gasteiger charge is 2.41. The van der Waals surface area contributed by atoms with Crippen LogP contribution in [0.15, 0.2) is 225 Å². The lowest BCUT2D eigenvalue weighted by Crippen LogP contribution is -2.52. The third-order valence-corrected chi connectivity index (χ3v) is 26.8. The molecule has 5 aromatic carbocycles. The number of nitrogens with zero attached hydrogens (tertiary/aromatic N) is 14. The first-order valence-electron chi connectivity index (χ1n) is 44.7. The van der Waals surface area contributed by atoms with Gasteiger partial charge in [0, 0.05) is 169 Å². The summed E-state index contributed by atoms with van der Waals surface area (Å²) in [6.07, 6.45) is 21.9. The number of aromatic nitrogens is 6. The zero-order valence-electron chi connectivity index (χ0n) is 72.9. The van der Waals surface area contributed by atoms with Gasteiger partial charge in [0.25, 0.3) is 0 Å². The van der Waals surface area contributed by atoms with Gasteiger partial charge in [0.1, 0.15) is 12.1 Å². The average Bonchev–Trinajstić information content (AvgIpc) is 1.67. The summed E-state index contributed by atoms with van der Waals surface area (Å²) in [4.78, 5) is 93.7. The number of rotatable bonds is 13. The molecule has 0 spiro atoms. The van der Waals surface area contributed by atoms with Crippen molar-refractivity contribution in [3.8, 4) is 0 Å². The molecule has 0 radical (unpaired) electrons. The van der Waals surface area contributed by atoms with Crippen LogP contribution in [0, 0.1) is 36.4 Å². The summed E-state index contributed by atoms with van der Waals surface area (Å²) in [5.74, 6) is 0.0902. The standard InChI is InChI=1S/C27H29N3O.C26H28N4O3.C26H28N4O2.C23H27ClN4O2S/c1-20-9-12-24-23(18-20)11-10-22-8-5-13-28-26(22)27(24)30-16-14-29(15-17-30)25(31)19-21-6-3-2-4-7-21;1-19-6-9-23-22(16-19)8-7-21-5-3-11-30(33)25(21)26(23)28-14-12-27(13-15-28)24(31)17-20-4-2-10-29(32)18-20;1-19-6-9-23-22(16-19)8-7-21-5-3-11-30(32)25(21)26(23)29-14-12-28(13-15-29)24(31)17-20-4-2-10-27-18-20;1-15(31)23(30)26-14-20(29)27-9-11-28(12-10-27)22-19-7-6-18(24)13-17(19)5-4-16-3-2-8-25-21(16)22/h2-9,12-13,18,27H,10-11,14-17,19H2,1H3;2-6,9-11,16,18,26H,7-8,12-15,17H2,1H3;2-6,9-11,16,18,26H,7-8,12-15,17H2,1H3;2-3,6-8,13,15,22,31H,4-5,9-12,14H2,1H3,(H,26,30). The van der Waals surface area contributed by atoms with Crippen molar-refractivity contribution in [2.75, 3.05) is 111 Å². The molecule has 4 saturated heterocycles. The quantitative estimate of drug-likeness (QED) is 0.0619. The Morgan fingerprint density at radius 3 is 1.20 bits per heavy atom. The van der Waals surface area contributed by atoms with Gasteiger partial charge in [-0.1, -0.05) is 137 Å². The average molecular weight is 1740 g/mol. The first-order valence-corrected chi connectivity index (χ1v) is 45.6. The van der Waals surface area contributed by atoms with Gasteiger partial charge in [0.05, 0.1) is 54.5 Å². The third kappa shape index (κ3) is 21.1. The van der Waals surface area contributed by atoms with E-state index in [0.717, 1.165) is 162 Å². The van der Waals surface area contributed by atoms with Crippen LogP contribution in [0.2, 0.25) is 5.02 Å². The predicted molar refractivity (Wildman–Crippen MR) is 493 cm³/mol. The summed E-state index contributed by atoms with van der Waals surface area (Å²) in [6, 6.07) is 59.7. The Kier molecular flexibility index (Phi) is 28.6. The summed E-state index contributed by atoms with van der Waals surface area (Å²) >= 11 is 10.4. The number of thiol groups is 1. The lowest BCUT2D eigenvalue weighted by atomic mass is 9.94. The first-order chi connectivity index (χ1) is 61.7. The number of hydrogen-bond donors (Lipinski definition) is 2. The molecule has 127 heavy (non-hydrogen) atoms. The maximum Gasteiger partial charge on any atom is 0.242 e. The molecule has 0 saturated carbocycles. The van der Waals surface area contributed by atoms with Crippen LogP contribution in [-0.4, -0.2) is 200 Å². The van der Waals surface area contributed by atoms with E-state index in [0.29, 0.717) is 70.8 Å². The van der Waals surface area contributed by atoms with Gasteiger partial charge >= 0.3 is 0 Å². The van der Waals surface area contributed by atoms with Gasteiger partial charge in [-0.2, -0.15) is 26.8 Å². The normalized spacial score (nSPS) is 18.8. The molecule has 5 atom stereocenters. The fourth-order valence-electron chi connectivity index (χ4n) is 19.7. The molecule has 25 heteroatoms. The number of hydrogen-bond acceptors (Lipinski definition) is 16. The van der Waals surface area contributed by atoms with E-state index in [-0.39, 0.29) is 66.7 Å². The van der Waals surface area contributed by atoms with Crippen LogP contribution in [0.4, 0.5) is 0 Å². The van der Waals surface area contributed by atoms with Crippen molar-refractivity contribution in [2.24, 2.45) is 0 Å². The smallest absolute Gasteiger partial charge is 0.242 e. The predicted octanol–water partition coefficient (Wildman–Crippen LogP) is 10.9. The molecule has 4 fully saturated rings. The monoisotopic (exact) mass is 1740 g/mol. The molecule has 4 aliphatic carbocycles. The second kappa shape index (κ2) is 40.9. The van der Waals surface area contributed by atoms with Crippen LogP contribution in [0.25, 0.3) is 0 Å². The molecular weight excluding hydrogens is 1630 g/mol. The highest BCUT2D eigenvalue weighted by Crippen LogP contribution is 2.42. The Morgan fingerprint density at radius 1 is 0.402 bits per heavy atom. The third-order valence-electron chi connectivity index (χ3n) is 26.3. The summed E-state index contributed by atoms with van der Waals surface area (Å²) in [5.41, 5.74) is 25.7. The number of nitrogens with one attached hydrogen (secondary N) is 1. The molecule has 19 rings (SSSR count). The molecule has 1 N–H and O–H groups in total. The van der Waals surface area contributed by atoms with Crippen molar-refractivity contribution >= 4 is 53.8 Å². The van der Waals surface area contributed by atoms with E-state index in [4.69, 9.17) is 21.6 Å². The van der Waals surface area contributed by atoms with Crippen LogP contribution in [-0.2, 0) is 94.6 Å². The van der Waals surface area contributed by atoms with Gasteiger partial charge in [-0.15, -0.1) is 0 Å². The second-order valence-corrected chi connectivity index (χ2v) is 35.9. The van der Waals surface area contributed by atoms with Gasteiger partial charge in [0.15, 0.2) is 24.8 Å². The summed E-state index contributed by atoms with van der Waals surface area (Å²) in [5, 5.41) is 40.4. The summed E-state index contributed by atoms with van der Waals surface area (Å²) < 4.78 is 2.80. The van der Waals surface area contributed by atoms with Crippen molar-refractivity contribution in [2.45, 2.75) is 128 Å². The fourth-order valence-corrected chi connectivity index (χ4v) is 20.0. The minimum atomic E-state index is -0.430. The Morgan fingerprint density at radius 2 is 0.764 bits per heavy atom. The molecule has 0 bridgehead atoms. The second-order valence-electron chi connectivity index (χ2n) is 34.7. The van der Waals surface area contributed by atoms with E-state index in [1.807, 2.05) is 98.7 Å². The number of pyridine rings is 6. The van der Waals surface area contributed by atoms with E-state index >= 15 is 0 Å². The Bertz CT molecular complexity index is 5760. The summed E-state index contributed by atoms with van der Waals surface area (Å²) in [7, 11) is 0. The van der Waals surface area contributed by atoms with Crippen molar-refractivity contribution in [3.63, 3.8) is 0 Å². The minimum absolute atomic E-state index is 0.0128. The molecule has 6 aromatic heterocycles. The van der Waals surface area contributed by atoms with Crippen molar-refractivity contribution in [3.05, 3.63) is 369 Å². The van der Waals surface area contributed by atoms with Crippen molar-refractivity contribution < 1.29 is 38.2 Å². The number of carbonyl (C=O) groups is 5. The highest BCUT2D eigenvalue weighted by atomic mass is 35.5. The van der Waals surface area contributed by atoms with E-state index in [1.54, 1.807) is 43.8 Å². The molecule has 4 aliphatic heterocycles. The van der Waals surface area contributed by atoms with E-state index < -0.39 is 5.25 Å². The number of fused-ring (bicyclic) bond motifs is 8. The van der Waals surface area contributed by atoms with Gasteiger partial charge < -0.3 is 40.5 Å². The van der Waals surface area contributed by atoms with Gasteiger partial charge in [0.2, 0.25) is 40.9 Å². The molecule has 8 aliphatic rings. The number of halogens is 1. The topological polar surface area (TPSA) is 243 Å². The fraction of sp³-hybridized carbons (Fsp3) is 0.363. The number of aryl methyl sites for hydroxylation is 11. The van der Waals surface area contributed by atoms with Crippen LogP contribution in [0.1, 0.15) is 154 Å². The SMILES string of the molecule is CC(S)C(=O)NCC(=O)N1CCN(C2c3ccc(Cl)cc3CCc3cccnc32)CC1.Cc1ccc2c(c1)CCc1ccc[n+]([O-])c1C2N1CCN(C(=O)Cc2ccc[n+]([O-])c2)CC1.Cc1ccc2c(c1)CCc1ccc[n+]([O-])c1C2N1CCN(C(=O)Cc2cccnc2)CC1.Cc1ccc2c(c1)CCc1cccnc1C2N1CCN(C(=O)Cc2ccccc2)CC1.